The van der Waals surface area contributed by atoms with Gasteiger partial charge in [0.2, 0.25) is 0 Å². The van der Waals surface area contributed by atoms with Crippen molar-refractivity contribution in [2.45, 2.75) is 103 Å². The number of ether oxygens (including phenoxy) is 2. The summed E-state index contributed by atoms with van der Waals surface area (Å²) in [7, 11) is -5.17. The Kier molecular flexibility index (Phi) is 35.0. The summed E-state index contributed by atoms with van der Waals surface area (Å²) in [6.07, 6.45) is 11.5. The maximum atomic E-state index is 11.6. The van der Waals surface area contributed by atoms with Gasteiger partial charge in [-0.2, -0.15) is 0 Å². The Balaban J connectivity index is -0.000000501. The van der Waals surface area contributed by atoms with Crippen LogP contribution in [0.15, 0.2) is 0 Å². The minimum Gasteiger partial charge on any atom is -0.759 e. The smallest absolute Gasteiger partial charge is 0.759 e. The average molecular weight is 501 g/mol. The summed E-state index contributed by atoms with van der Waals surface area (Å²) in [6, 6.07) is 0. The SMILES string of the molecule is CCCCCCCCOC(=O)CC(O)C(=O)OCCCCCCCC.O=S(=O)([O-])[O-].[Na+].[Na+]. The van der Waals surface area contributed by atoms with Gasteiger partial charge in [-0.3, -0.25) is 13.2 Å². The Labute approximate surface area is 237 Å². The van der Waals surface area contributed by atoms with Crippen LogP contribution >= 0.6 is 0 Å². The van der Waals surface area contributed by atoms with E-state index in [4.69, 9.17) is 27.0 Å². The Morgan fingerprint density at radius 2 is 1.09 bits per heavy atom. The Bertz CT molecular complexity index is 523. The second kappa shape index (κ2) is 28.0. The fourth-order valence-corrected chi connectivity index (χ4v) is 2.52. The van der Waals surface area contributed by atoms with Crippen molar-refractivity contribution in [3.8, 4) is 0 Å². The molecular weight excluding hydrogens is 462 g/mol. The molecule has 0 aromatic carbocycles. The summed E-state index contributed by atoms with van der Waals surface area (Å²) in [5, 5.41) is 9.69. The van der Waals surface area contributed by atoms with Crippen molar-refractivity contribution in [3.05, 3.63) is 0 Å². The topological polar surface area (TPSA) is 153 Å². The van der Waals surface area contributed by atoms with E-state index >= 15 is 0 Å². The third kappa shape index (κ3) is 38.1. The Hall–Kier alpha value is 0.770. The molecule has 0 aliphatic heterocycles. The van der Waals surface area contributed by atoms with Crippen molar-refractivity contribution in [1.82, 2.24) is 0 Å². The maximum absolute atomic E-state index is 11.6. The van der Waals surface area contributed by atoms with E-state index in [9.17, 15) is 14.7 Å². The molecule has 0 rings (SSSR count). The van der Waals surface area contributed by atoms with E-state index in [-0.39, 0.29) is 65.5 Å². The zero-order valence-corrected chi connectivity index (χ0v) is 25.1. The molecule has 0 aliphatic carbocycles. The molecule has 0 saturated heterocycles. The van der Waals surface area contributed by atoms with Crippen molar-refractivity contribution < 1.29 is 101 Å². The van der Waals surface area contributed by atoms with Crippen LogP contribution in [0.2, 0.25) is 0 Å². The van der Waals surface area contributed by atoms with Crippen LogP contribution in [-0.4, -0.2) is 53.9 Å². The largest absolute Gasteiger partial charge is 1.00 e. The molecule has 9 nitrogen and oxygen atoms in total. The summed E-state index contributed by atoms with van der Waals surface area (Å²) in [5.74, 6) is -1.28. The standard InChI is InChI=1S/C20H38O5.2Na.H2O4S/c1-3-5-7-9-11-13-15-24-19(22)17-18(21)20(23)25-16-14-12-10-8-6-4-2;;;1-5(2,3)4/h18,21H,3-17H2,1-2H3;;;(H2,1,2,3,4)/q;2*+1;/p-2. The third-order valence-electron chi connectivity index (χ3n) is 4.14. The van der Waals surface area contributed by atoms with Gasteiger partial charge < -0.3 is 23.7 Å². The van der Waals surface area contributed by atoms with Gasteiger partial charge in [0, 0.05) is 10.4 Å². The normalized spacial score (nSPS) is 11.2. The molecule has 1 unspecified atom stereocenters. The van der Waals surface area contributed by atoms with Crippen LogP contribution in [0, 0.1) is 0 Å². The number of aliphatic hydroxyl groups is 1. The molecule has 0 heterocycles. The number of hydrogen-bond donors (Lipinski definition) is 1. The van der Waals surface area contributed by atoms with E-state index in [2.05, 4.69) is 13.8 Å². The monoisotopic (exact) mass is 500 g/mol. The van der Waals surface area contributed by atoms with Crippen LogP contribution < -0.4 is 59.1 Å². The fourth-order valence-electron chi connectivity index (χ4n) is 2.52. The maximum Gasteiger partial charge on any atom is 1.00 e. The molecule has 0 spiro atoms. The van der Waals surface area contributed by atoms with Crippen LogP contribution in [0.4, 0.5) is 0 Å². The predicted octanol–water partition coefficient (Wildman–Crippen LogP) is -2.79. The van der Waals surface area contributed by atoms with E-state index < -0.39 is 28.4 Å². The first-order chi connectivity index (χ1) is 14.1. The number of aliphatic hydroxyl groups excluding tert-OH is 1. The molecule has 180 valence electrons. The van der Waals surface area contributed by atoms with Crippen LogP contribution in [0.1, 0.15) is 97.3 Å². The molecule has 32 heavy (non-hydrogen) atoms. The Morgan fingerprint density at radius 1 is 0.750 bits per heavy atom. The van der Waals surface area contributed by atoms with Gasteiger partial charge in [0.1, 0.15) is 0 Å². The van der Waals surface area contributed by atoms with E-state index in [0.717, 1.165) is 38.5 Å². The number of hydrogen-bond acceptors (Lipinski definition) is 9. The average Bonchev–Trinajstić information content (AvgIpc) is 2.65. The van der Waals surface area contributed by atoms with Gasteiger partial charge in [0.05, 0.1) is 19.6 Å². The summed E-state index contributed by atoms with van der Waals surface area (Å²) < 4.78 is 44.1. The van der Waals surface area contributed by atoms with Gasteiger partial charge in [-0.1, -0.05) is 78.1 Å². The Morgan fingerprint density at radius 3 is 1.50 bits per heavy atom. The van der Waals surface area contributed by atoms with Gasteiger partial charge in [-0.25, -0.2) is 4.79 Å². The second-order valence-corrected chi connectivity index (χ2v) is 7.87. The minimum absolute atomic E-state index is 0. The van der Waals surface area contributed by atoms with E-state index in [1.54, 1.807) is 0 Å². The van der Waals surface area contributed by atoms with Crippen molar-refractivity contribution in [3.63, 3.8) is 0 Å². The van der Waals surface area contributed by atoms with Crippen LogP contribution in [-0.2, 0) is 29.5 Å². The first kappa shape index (κ1) is 40.0. The quantitative estimate of drug-likeness (QED) is 0.0734. The molecule has 0 amide bonds. The summed E-state index contributed by atoms with van der Waals surface area (Å²) in [4.78, 5) is 23.2. The number of carbonyl (C=O) groups excluding carboxylic acids is 2. The first-order valence-electron chi connectivity index (χ1n) is 10.8. The predicted molar refractivity (Wildman–Crippen MR) is 110 cm³/mol. The molecule has 1 atom stereocenters. The van der Waals surface area contributed by atoms with Crippen molar-refractivity contribution in [1.29, 1.82) is 0 Å². The van der Waals surface area contributed by atoms with Gasteiger partial charge in [0.25, 0.3) is 0 Å². The van der Waals surface area contributed by atoms with Gasteiger partial charge in [0.15, 0.2) is 6.10 Å². The molecule has 1 N–H and O–H groups in total. The van der Waals surface area contributed by atoms with E-state index in [0.29, 0.717) is 13.2 Å². The summed E-state index contributed by atoms with van der Waals surface area (Å²) in [6.45, 7) is 4.99. The van der Waals surface area contributed by atoms with Crippen LogP contribution in [0.5, 0.6) is 0 Å². The number of unbranched alkanes of at least 4 members (excludes halogenated alkanes) is 10. The van der Waals surface area contributed by atoms with Crippen molar-refractivity contribution in [2.24, 2.45) is 0 Å². The number of rotatable bonds is 17. The molecule has 0 aromatic heterocycles. The van der Waals surface area contributed by atoms with Crippen LogP contribution in [0.25, 0.3) is 0 Å². The molecule has 0 fully saturated rings. The van der Waals surface area contributed by atoms with E-state index in [1.807, 2.05) is 0 Å². The zero-order chi connectivity index (χ0) is 23.3. The molecule has 12 heteroatoms. The summed E-state index contributed by atoms with van der Waals surface area (Å²) in [5.41, 5.74) is 0. The molecular formula is C20H38Na2O9S. The third-order valence-corrected chi connectivity index (χ3v) is 4.14. The summed E-state index contributed by atoms with van der Waals surface area (Å²) >= 11 is 0. The molecule has 0 aromatic rings. The van der Waals surface area contributed by atoms with E-state index in [1.165, 1.54) is 38.5 Å². The molecule has 0 bridgehead atoms. The minimum atomic E-state index is -5.17. The second-order valence-electron chi connectivity index (χ2n) is 7.05. The van der Waals surface area contributed by atoms with Crippen molar-refractivity contribution in [2.75, 3.05) is 13.2 Å². The number of carbonyl (C=O) groups is 2. The van der Waals surface area contributed by atoms with Gasteiger partial charge in [-0.05, 0) is 12.8 Å². The van der Waals surface area contributed by atoms with Crippen LogP contribution in [0.3, 0.4) is 0 Å². The zero-order valence-electron chi connectivity index (χ0n) is 20.3. The number of esters is 2. The van der Waals surface area contributed by atoms with Gasteiger partial charge in [-0.15, -0.1) is 0 Å². The first-order valence-corrected chi connectivity index (χ1v) is 12.1. The van der Waals surface area contributed by atoms with Crippen molar-refractivity contribution >= 4 is 22.3 Å². The molecule has 0 saturated carbocycles. The molecule has 0 radical (unpaired) electrons. The fraction of sp³-hybridized carbons (Fsp3) is 0.900. The van der Waals surface area contributed by atoms with Gasteiger partial charge >= 0.3 is 71.1 Å². The molecule has 0 aliphatic rings.